The van der Waals surface area contributed by atoms with E-state index >= 15 is 0 Å². The molecule has 2 N–H and O–H groups in total. The van der Waals surface area contributed by atoms with Gasteiger partial charge in [-0.25, -0.2) is 4.98 Å². The highest BCUT2D eigenvalue weighted by Crippen LogP contribution is 2.18. The third-order valence-electron chi connectivity index (χ3n) is 3.99. The largest absolute Gasteiger partial charge is 0.392 e. The lowest BCUT2D eigenvalue weighted by atomic mass is 10.1. The zero-order valence-corrected chi connectivity index (χ0v) is 12.2. The molecule has 5 heteroatoms. The zero-order valence-electron chi connectivity index (χ0n) is 11.4. The maximum Gasteiger partial charge on any atom is 0.137 e. The van der Waals surface area contributed by atoms with E-state index in [-0.39, 0.29) is 12.1 Å². The van der Waals surface area contributed by atoms with Gasteiger partial charge >= 0.3 is 0 Å². The third kappa shape index (κ3) is 3.14. The van der Waals surface area contributed by atoms with E-state index in [0.717, 1.165) is 30.6 Å². The number of aliphatic hydroxyl groups is 1. The number of nitrogens with zero attached hydrogens (tertiary/aromatic N) is 2. The summed E-state index contributed by atoms with van der Waals surface area (Å²) >= 11 is 5.97. The van der Waals surface area contributed by atoms with Gasteiger partial charge in [-0.2, -0.15) is 0 Å². The first-order chi connectivity index (χ1) is 9.72. The average Bonchev–Trinajstić information content (AvgIpc) is 2.71. The number of hydrogen-bond donors (Lipinski definition) is 2. The van der Waals surface area contributed by atoms with Crippen LogP contribution in [0.4, 0.5) is 0 Å². The Labute approximate surface area is 123 Å². The molecule has 1 saturated carbocycles. The van der Waals surface area contributed by atoms with E-state index in [2.05, 4.69) is 10.3 Å². The maximum absolute atomic E-state index is 10.1. The van der Waals surface area contributed by atoms with E-state index in [1.807, 2.05) is 28.9 Å². The Hall–Kier alpha value is -1.10. The van der Waals surface area contributed by atoms with E-state index in [1.165, 1.54) is 12.8 Å². The van der Waals surface area contributed by atoms with Gasteiger partial charge in [-0.3, -0.25) is 0 Å². The van der Waals surface area contributed by atoms with Gasteiger partial charge in [-0.1, -0.05) is 30.9 Å². The Morgan fingerprint density at radius 3 is 3.00 bits per heavy atom. The van der Waals surface area contributed by atoms with E-state index in [1.54, 1.807) is 0 Å². The number of halogens is 1. The van der Waals surface area contributed by atoms with Crippen LogP contribution in [-0.2, 0) is 6.54 Å². The minimum atomic E-state index is -0.232. The van der Waals surface area contributed by atoms with Gasteiger partial charge in [0.25, 0.3) is 0 Å². The molecular weight excluding hydrogens is 274 g/mol. The summed E-state index contributed by atoms with van der Waals surface area (Å²) in [6.45, 7) is 0.682. The second kappa shape index (κ2) is 6.12. The van der Waals surface area contributed by atoms with Crippen LogP contribution < -0.4 is 5.32 Å². The van der Waals surface area contributed by atoms with Gasteiger partial charge in [-0.15, -0.1) is 0 Å². The molecule has 108 valence electrons. The number of aromatic nitrogens is 2. The smallest absolute Gasteiger partial charge is 0.137 e. The lowest BCUT2D eigenvalue weighted by Gasteiger charge is -2.21. The van der Waals surface area contributed by atoms with Crippen LogP contribution >= 0.6 is 11.6 Å². The Kier molecular flexibility index (Phi) is 4.24. The summed E-state index contributed by atoms with van der Waals surface area (Å²) in [5.41, 5.74) is 1.87. The van der Waals surface area contributed by atoms with E-state index < -0.39 is 0 Å². The molecule has 4 nitrogen and oxygen atoms in total. The fraction of sp³-hybridized carbons (Fsp3) is 0.533. The number of imidazole rings is 1. The number of aliphatic hydroxyl groups excluding tert-OH is 1. The molecule has 1 aliphatic rings. The summed E-state index contributed by atoms with van der Waals surface area (Å²) in [6, 6.07) is 3.94. The normalized spacial score (nSPS) is 23.9. The predicted molar refractivity (Wildman–Crippen MR) is 79.9 cm³/mol. The molecule has 0 aromatic carbocycles. The first-order valence-electron chi connectivity index (χ1n) is 7.27. The highest BCUT2D eigenvalue weighted by atomic mass is 35.5. The molecule has 0 amide bonds. The summed E-state index contributed by atoms with van der Waals surface area (Å²) in [7, 11) is 0. The van der Waals surface area contributed by atoms with Crippen molar-refractivity contribution in [3.63, 3.8) is 0 Å². The van der Waals surface area contributed by atoms with Crippen molar-refractivity contribution in [2.24, 2.45) is 0 Å². The molecule has 20 heavy (non-hydrogen) atoms. The Balaban J connectivity index is 1.66. The van der Waals surface area contributed by atoms with Gasteiger partial charge in [0, 0.05) is 25.0 Å². The molecule has 0 bridgehead atoms. The van der Waals surface area contributed by atoms with Crippen molar-refractivity contribution < 1.29 is 5.11 Å². The topological polar surface area (TPSA) is 49.6 Å². The molecule has 2 atom stereocenters. The second-order valence-electron chi connectivity index (χ2n) is 5.54. The molecule has 0 spiro atoms. The Morgan fingerprint density at radius 2 is 2.10 bits per heavy atom. The van der Waals surface area contributed by atoms with Crippen LogP contribution in [0.25, 0.3) is 5.65 Å². The second-order valence-corrected chi connectivity index (χ2v) is 5.97. The van der Waals surface area contributed by atoms with Gasteiger partial charge in [0.2, 0.25) is 0 Å². The number of rotatable bonds is 3. The van der Waals surface area contributed by atoms with Gasteiger partial charge in [0.05, 0.1) is 16.8 Å². The molecule has 0 radical (unpaired) electrons. The van der Waals surface area contributed by atoms with Crippen LogP contribution in [0.1, 0.15) is 37.8 Å². The van der Waals surface area contributed by atoms with Gasteiger partial charge < -0.3 is 14.8 Å². The lowest BCUT2D eigenvalue weighted by molar-refractivity contribution is 0.119. The van der Waals surface area contributed by atoms with Gasteiger partial charge in [-0.05, 0) is 25.0 Å². The summed E-state index contributed by atoms with van der Waals surface area (Å²) in [5, 5.41) is 14.2. The molecule has 2 aromatic rings. The summed E-state index contributed by atoms with van der Waals surface area (Å²) < 4.78 is 1.93. The highest BCUT2D eigenvalue weighted by molar-refractivity contribution is 6.30. The molecule has 1 aliphatic carbocycles. The first-order valence-corrected chi connectivity index (χ1v) is 7.65. The van der Waals surface area contributed by atoms with Crippen molar-refractivity contribution in [2.75, 3.05) is 0 Å². The summed E-state index contributed by atoms with van der Waals surface area (Å²) in [6.07, 6.45) is 9.09. The quantitative estimate of drug-likeness (QED) is 0.856. The summed E-state index contributed by atoms with van der Waals surface area (Å²) in [4.78, 5) is 4.55. The van der Waals surface area contributed by atoms with Crippen LogP contribution in [0.5, 0.6) is 0 Å². The standard InChI is InChI=1S/C15H20ClN3O/c16-11-6-7-15-18-12(10-19(15)9-11)8-17-13-4-2-1-3-5-14(13)20/h6-7,9-10,13-14,17,20H,1-5,8H2. The fourth-order valence-corrected chi connectivity index (χ4v) is 3.03. The van der Waals surface area contributed by atoms with Crippen LogP contribution in [-0.4, -0.2) is 26.6 Å². The third-order valence-corrected chi connectivity index (χ3v) is 4.21. The van der Waals surface area contributed by atoms with Crippen LogP contribution in [0.3, 0.4) is 0 Å². The van der Waals surface area contributed by atoms with E-state index in [9.17, 15) is 5.11 Å². The number of pyridine rings is 1. The molecule has 0 saturated heterocycles. The van der Waals surface area contributed by atoms with Crippen molar-refractivity contribution in [1.29, 1.82) is 0 Å². The molecule has 2 unspecified atom stereocenters. The Bertz CT molecular complexity index is 584. The molecular formula is C15H20ClN3O. The summed E-state index contributed by atoms with van der Waals surface area (Å²) in [5.74, 6) is 0. The number of fused-ring (bicyclic) bond motifs is 1. The SMILES string of the molecule is OC1CCCCCC1NCc1cn2cc(Cl)ccc2n1. The minimum Gasteiger partial charge on any atom is -0.392 e. The van der Waals surface area contributed by atoms with Crippen LogP contribution in [0.2, 0.25) is 5.02 Å². The van der Waals surface area contributed by atoms with Crippen molar-refractivity contribution >= 4 is 17.2 Å². The van der Waals surface area contributed by atoms with Crippen molar-refractivity contribution in [3.05, 3.63) is 35.2 Å². The number of hydrogen-bond acceptors (Lipinski definition) is 3. The highest BCUT2D eigenvalue weighted by Gasteiger charge is 2.21. The van der Waals surface area contributed by atoms with Crippen molar-refractivity contribution in [2.45, 2.75) is 50.8 Å². The van der Waals surface area contributed by atoms with Gasteiger partial charge in [0.15, 0.2) is 0 Å². The van der Waals surface area contributed by atoms with Crippen LogP contribution in [0.15, 0.2) is 24.5 Å². The van der Waals surface area contributed by atoms with E-state index in [4.69, 9.17) is 11.6 Å². The minimum absolute atomic E-state index is 0.186. The zero-order chi connectivity index (χ0) is 13.9. The van der Waals surface area contributed by atoms with E-state index in [0.29, 0.717) is 11.6 Å². The van der Waals surface area contributed by atoms with Crippen LogP contribution in [0, 0.1) is 0 Å². The molecule has 1 fully saturated rings. The molecule has 0 aliphatic heterocycles. The average molecular weight is 294 g/mol. The molecule has 2 heterocycles. The Morgan fingerprint density at radius 1 is 1.25 bits per heavy atom. The fourth-order valence-electron chi connectivity index (χ4n) is 2.86. The predicted octanol–water partition coefficient (Wildman–Crippen LogP) is 2.77. The molecule has 2 aromatic heterocycles. The first kappa shape index (κ1) is 13.9. The maximum atomic E-state index is 10.1. The monoisotopic (exact) mass is 293 g/mol. The lowest BCUT2D eigenvalue weighted by Crippen LogP contribution is -2.38. The van der Waals surface area contributed by atoms with Crippen molar-refractivity contribution in [1.82, 2.24) is 14.7 Å². The number of nitrogens with one attached hydrogen (secondary N) is 1. The van der Waals surface area contributed by atoms with Crippen molar-refractivity contribution in [3.8, 4) is 0 Å². The van der Waals surface area contributed by atoms with Gasteiger partial charge in [0.1, 0.15) is 5.65 Å². The molecule has 3 rings (SSSR count).